The van der Waals surface area contributed by atoms with Crippen LogP contribution in [0.2, 0.25) is 0 Å². The predicted molar refractivity (Wildman–Crippen MR) is 131 cm³/mol. The average Bonchev–Trinajstić information content (AvgIpc) is 2.81. The lowest BCUT2D eigenvalue weighted by atomic mass is 10.0. The van der Waals surface area contributed by atoms with E-state index in [0.717, 1.165) is 37.1 Å². The second kappa shape index (κ2) is 15.9. The Hall–Kier alpha value is -1.77. The van der Waals surface area contributed by atoms with E-state index >= 15 is 0 Å². The molecule has 0 aliphatic heterocycles. The van der Waals surface area contributed by atoms with Crippen molar-refractivity contribution in [2.75, 3.05) is 6.67 Å². The third-order valence-corrected chi connectivity index (χ3v) is 6.16. The number of aryl methyl sites for hydroxylation is 2. The van der Waals surface area contributed by atoms with Crippen molar-refractivity contribution in [3.8, 4) is 11.4 Å². The minimum Gasteiger partial charge on any atom is -0.251 e. The molecule has 2 rings (SSSR count). The largest absolute Gasteiger partial charge is 0.251 e. The summed E-state index contributed by atoms with van der Waals surface area (Å²) in [5.74, 6) is 1.06. The van der Waals surface area contributed by atoms with Gasteiger partial charge in [0.1, 0.15) is 0 Å². The zero-order valence-corrected chi connectivity index (χ0v) is 19.9. The molecule has 0 N–H and O–H groups in total. The summed E-state index contributed by atoms with van der Waals surface area (Å²) in [5, 5.41) is 0. The van der Waals surface area contributed by atoms with Crippen molar-refractivity contribution >= 4 is 0 Å². The second-order valence-corrected chi connectivity index (χ2v) is 9.20. The van der Waals surface area contributed by atoms with Crippen molar-refractivity contribution in [1.29, 1.82) is 0 Å². The number of rotatable bonds is 17. The van der Waals surface area contributed by atoms with Crippen LogP contribution in [0.3, 0.4) is 0 Å². The van der Waals surface area contributed by atoms with Gasteiger partial charge in [0.05, 0.1) is 6.67 Å². The summed E-state index contributed by atoms with van der Waals surface area (Å²) >= 11 is 0. The van der Waals surface area contributed by atoms with E-state index in [0.29, 0.717) is 0 Å². The highest BCUT2D eigenvalue weighted by Gasteiger charge is 2.03. The Bertz CT molecular complexity index is 681. The van der Waals surface area contributed by atoms with Crippen LogP contribution < -0.4 is 0 Å². The predicted octanol–water partition coefficient (Wildman–Crippen LogP) is 8.54. The van der Waals surface area contributed by atoms with Gasteiger partial charge in [0, 0.05) is 18.0 Å². The molecule has 1 atom stereocenters. The maximum atomic E-state index is 12.4. The first-order chi connectivity index (χ1) is 15.2. The van der Waals surface area contributed by atoms with Gasteiger partial charge in [-0.1, -0.05) is 95.9 Å². The molecule has 0 saturated carbocycles. The molecule has 0 amide bonds. The van der Waals surface area contributed by atoms with E-state index in [1.165, 1.54) is 75.3 Å². The lowest BCUT2D eigenvalue weighted by Gasteiger charge is -2.07. The van der Waals surface area contributed by atoms with Crippen molar-refractivity contribution in [3.05, 3.63) is 47.8 Å². The highest BCUT2D eigenvalue weighted by molar-refractivity contribution is 5.55. The Balaban J connectivity index is 1.64. The third kappa shape index (κ3) is 10.9. The Kier molecular flexibility index (Phi) is 13.1. The van der Waals surface area contributed by atoms with Crippen LogP contribution in [0.15, 0.2) is 36.7 Å². The molecule has 1 aromatic carbocycles. The molecule has 0 fully saturated rings. The third-order valence-electron chi connectivity index (χ3n) is 6.16. The van der Waals surface area contributed by atoms with Crippen LogP contribution in [-0.4, -0.2) is 16.6 Å². The number of nitrogens with zero attached hydrogens (tertiary/aromatic N) is 2. The van der Waals surface area contributed by atoms with Gasteiger partial charge in [-0.25, -0.2) is 9.97 Å². The zero-order valence-electron chi connectivity index (χ0n) is 19.9. The van der Waals surface area contributed by atoms with Crippen LogP contribution in [0.1, 0.15) is 102 Å². The van der Waals surface area contributed by atoms with Gasteiger partial charge < -0.3 is 0 Å². The summed E-state index contributed by atoms with van der Waals surface area (Å²) in [5.41, 5.74) is 3.72. The lowest BCUT2D eigenvalue weighted by molar-refractivity contribution is 0.355. The summed E-state index contributed by atoms with van der Waals surface area (Å²) < 4.78 is 12.4. The van der Waals surface area contributed by atoms with E-state index in [1.54, 1.807) is 0 Å². The highest BCUT2D eigenvalue weighted by atomic mass is 19.1. The summed E-state index contributed by atoms with van der Waals surface area (Å²) in [6.45, 7) is 4.08. The van der Waals surface area contributed by atoms with E-state index in [9.17, 15) is 4.39 Å². The van der Waals surface area contributed by atoms with Crippen LogP contribution in [0.4, 0.5) is 4.39 Å². The molecule has 0 aliphatic carbocycles. The summed E-state index contributed by atoms with van der Waals surface area (Å²) in [6, 6.07) is 8.73. The van der Waals surface area contributed by atoms with Gasteiger partial charge in [0.2, 0.25) is 0 Å². The van der Waals surface area contributed by atoms with E-state index < -0.39 is 0 Å². The first-order valence-corrected chi connectivity index (χ1v) is 12.7. The molecule has 31 heavy (non-hydrogen) atoms. The van der Waals surface area contributed by atoms with Crippen LogP contribution >= 0.6 is 0 Å². The monoisotopic (exact) mass is 426 g/mol. The summed E-state index contributed by atoms with van der Waals surface area (Å²) in [7, 11) is 0. The molecule has 1 unspecified atom stereocenters. The van der Waals surface area contributed by atoms with Gasteiger partial charge in [0.25, 0.3) is 0 Å². The standard InChI is InChI=1S/C28H43FN2/c1-3-4-5-6-9-13-16-26-22-30-28(31-23-26)27-19-17-25(18-20-27)15-12-10-7-8-11-14-24(2)21-29/h17-20,22-24H,3-16,21H2,1-2H3. The normalized spacial score (nSPS) is 12.2. The molecule has 172 valence electrons. The number of unbranched alkanes of at least 4 members (excludes halogenated alkanes) is 9. The fourth-order valence-corrected chi connectivity index (χ4v) is 3.99. The van der Waals surface area contributed by atoms with Gasteiger partial charge in [-0.15, -0.1) is 0 Å². The van der Waals surface area contributed by atoms with Crippen molar-refractivity contribution in [2.24, 2.45) is 5.92 Å². The number of halogens is 1. The Labute approximate surface area is 190 Å². The maximum absolute atomic E-state index is 12.4. The van der Waals surface area contributed by atoms with Crippen LogP contribution in [0.5, 0.6) is 0 Å². The van der Waals surface area contributed by atoms with Gasteiger partial charge in [-0.3, -0.25) is 4.39 Å². The van der Waals surface area contributed by atoms with Gasteiger partial charge in [-0.2, -0.15) is 0 Å². The Morgan fingerprint density at radius 1 is 0.710 bits per heavy atom. The zero-order chi connectivity index (χ0) is 22.2. The molecular formula is C28H43FN2. The molecule has 3 heteroatoms. The molecule has 2 aromatic rings. The molecule has 0 saturated heterocycles. The average molecular weight is 427 g/mol. The van der Waals surface area contributed by atoms with Crippen molar-refractivity contribution in [3.63, 3.8) is 0 Å². The topological polar surface area (TPSA) is 25.8 Å². The lowest BCUT2D eigenvalue weighted by Crippen LogP contribution is -1.96. The number of alkyl halides is 1. The minimum absolute atomic E-state index is 0.176. The molecule has 0 spiro atoms. The molecule has 2 nitrogen and oxygen atoms in total. The molecule has 1 heterocycles. The molecule has 1 aromatic heterocycles. The fraction of sp³-hybridized carbons (Fsp3) is 0.643. The minimum atomic E-state index is -0.176. The number of hydrogen-bond donors (Lipinski definition) is 0. The van der Waals surface area contributed by atoms with Crippen molar-refractivity contribution in [1.82, 2.24) is 9.97 Å². The second-order valence-electron chi connectivity index (χ2n) is 9.20. The molecule has 0 aliphatic rings. The fourth-order valence-electron chi connectivity index (χ4n) is 3.99. The van der Waals surface area contributed by atoms with Crippen LogP contribution in [-0.2, 0) is 12.8 Å². The van der Waals surface area contributed by atoms with E-state index in [2.05, 4.69) is 41.2 Å². The Morgan fingerprint density at radius 2 is 1.26 bits per heavy atom. The Morgan fingerprint density at radius 3 is 1.87 bits per heavy atom. The quantitative estimate of drug-likeness (QED) is 0.237. The highest BCUT2D eigenvalue weighted by Crippen LogP contribution is 2.18. The van der Waals surface area contributed by atoms with Gasteiger partial charge >= 0.3 is 0 Å². The van der Waals surface area contributed by atoms with Crippen molar-refractivity contribution in [2.45, 2.75) is 104 Å². The first kappa shape index (κ1) is 25.5. The molecular weight excluding hydrogens is 383 g/mol. The first-order valence-electron chi connectivity index (χ1n) is 12.7. The number of aromatic nitrogens is 2. The van der Waals surface area contributed by atoms with Gasteiger partial charge in [0.15, 0.2) is 5.82 Å². The summed E-state index contributed by atoms with van der Waals surface area (Å²) in [6.07, 6.45) is 21.3. The van der Waals surface area contributed by atoms with Crippen LogP contribution in [0.25, 0.3) is 11.4 Å². The molecule has 0 radical (unpaired) electrons. The smallest absolute Gasteiger partial charge is 0.159 e. The van der Waals surface area contributed by atoms with E-state index in [1.807, 2.05) is 19.3 Å². The van der Waals surface area contributed by atoms with E-state index in [-0.39, 0.29) is 12.6 Å². The van der Waals surface area contributed by atoms with Crippen molar-refractivity contribution < 1.29 is 4.39 Å². The number of hydrogen-bond acceptors (Lipinski definition) is 2. The van der Waals surface area contributed by atoms with E-state index in [4.69, 9.17) is 0 Å². The van der Waals surface area contributed by atoms with Gasteiger partial charge in [-0.05, 0) is 49.1 Å². The maximum Gasteiger partial charge on any atom is 0.159 e. The number of benzene rings is 1. The SMILES string of the molecule is CCCCCCCCc1cnc(-c2ccc(CCCCCCCC(C)CF)cc2)nc1. The molecule has 0 bridgehead atoms. The van der Waals surface area contributed by atoms with Crippen LogP contribution in [0, 0.1) is 5.92 Å². The summed E-state index contributed by atoms with van der Waals surface area (Å²) in [4.78, 5) is 9.19.